The van der Waals surface area contributed by atoms with E-state index in [1.165, 1.54) is 0 Å². The van der Waals surface area contributed by atoms with Crippen molar-refractivity contribution >= 4 is 22.6 Å². The molecular weight excluding hydrogens is 388 g/mol. The second-order valence-electron chi connectivity index (χ2n) is 8.12. The molecule has 0 aromatic heterocycles. The maximum atomic E-state index is 13.2. The van der Waals surface area contributed by atoms with Gasteiger partial charge in [-0.1, -0.05) is 66.2 Å². The van der Waals surface area contributed by atoms with Crippen LogP contribution in [0.5, 0.6) is 5.75 Å². The smallest absolute Gasteiger partial charge is 0.261 e. The molecule has 1 N–H and O–H groups in total. The highest BCUT2D eigenvalue weighted by Gasteiger charge is 2.27. The number of fused-ring (bicyclic) bond motifs is 1. The van der Waals surface area contributed by atoms with E-state index >= 15 is 0 Å². The number of aryl methyl sites for hydroxylation is 1. The lowest BCUT2D eigenvalue weighted by molar-refractivity contribution is -0.142. The van der Waals surface area contributed by atoms with E-state index in [0.29, 0.717) is 12.3 Å². The van der Waals surface area contributed by atoms with Gasteiger partial charge >= 0.3 is 0 Å². The van der Waals surface area contributed by atoms with Gasteiger partial charge in [0.05, 0.1) is 0 Å². The molecule has 5 heteroatoms. The summed E-state index contributed by atoms with van der Waals surface area (Å²) in [6.07, 6.45) is 0. The molecule has 0 aliphatic carbocycles. The standard InChI is InChI=1S/C26H30N2O3/c1-18(2)27-26(30)20(4)28(16-21-10-7-9-19(3)15-21)25(29)17-31-24-14-8-12-22-11-5-6-13-23(22)24/h5-15,18,20H,16-17H2,1-4H3,(H,27,30)/t20-/m1/s1. The molecular formula is C26H30N2O3. The Labute approximate surface area is 184 Å². The number of carbonyl (C=O) groups excluding carboxylic acids is 2. The van der Waals surface area contributed by atoms with E-state index in [1.807, 2.05) is 87.5 Å². The largest absolute Gasteiger partial charge is 0.483 e. The van der Waals surface area contributed by atoms with Gasteiger partial charge < -0.3 is 15.0 Å². The second kappa shape index (κ2) is 10.1. The zero-order valence-electron chi connectivity index (χ0n) is 18.6. The van der Waals surface area contributed by atoms with Crippen molar-refractivity contribution in [2.75, 3.05) is 6.61 Å². The molecule has 3 aromatic rings. The SMILES string of the molecule is Cc1cccc(CN(C(=O)COc2cccc3ccccc23)[C@H](C)C(=O)NC(C)C)c1. The lowest BCUT2D eigenvalue weighted by Crippen LogP contribution is -2.50. The predicted molar refractivity (Wildman–Crippen MR) is 124 cm³/mol. The zero-order chi connectivity index (χ0) is 22.4. The molecule has 0 aliphatic rings. The van der Waals surface area contributed by atoms with Crippen LogP contribution < -0.4 is 10.1 Å². The Hall–Kier alpha value is -3.34. The minimum absolute atomic E-state index is 0.00203. The molecule has 0 aliphatic heterocycles. The Morgan fingerprint density at radius 3 is 2.42 bits per heavy atom. The number of amides is 2. The highest BCUT2D eigenvalue weighted by molar-refractivity contribution is 5.90. The lowest BCUT2D eigenvalue weighted by Gasteiger charge is -2.29. The fourth-order valence-corrected chi connectivity index (χ4v) is 3.54. The number of hydrogen-bond acceptors (Lipinski definition) is 3. The summed E-state index contributed by atoms with van der Waals surface area (Å²) >= 11 is 0. The fraction of sp³-hybridized carbons (Fsp3) is 0.308. The topological polar surface area (TPSA) is 58.6 Å². The first-order chi connectivity index (χ1) is 14.8. The summed E-state index contributed by atoms with van der Waals surface area (Å²) in [4.78, 5) is 27.4. The lowest BCUT2D eigenvalue weighted by atomic mass is 10.1. The third kappa shape index (κ3) is 5.85. The van der Waals surface area contributed by atoms with Gasteiger partial charge in [-0.05, 0) is 44.7 Å². The first kappa shape index (κ1) is 22.3. The molecule has 3 rings (SSSR count). The van der Waals surface area contributed by atoms with Crippen molar-refractivity contribution < 1.29 is 14.3 Å². The van der Waals surface area contributed by atoms with Crippen molar-refractivity contribution in [3.8, 4) is 5.75 Å². The molecule has 0 fully saturated rings. The van der Waals surface area contributed by atoms with Crippen LogP contribution in [0.1, 0.15) is 31.9 Å². The quantitative estimate of drug-likeness (QED) is 0.587. The van der Waals surface area contributed by atoms with Gasteiger partial charge in [-0.3, -0.25) is 9.59 Å². The number of carbonyl (C=O) groups is 2. The Morgan fingerprint density at radius 1 is 0.968 bits per heavy atom. The summed E-state index contributed by atoms with van der Waals surface area (Å²) in [5.74, 6) is 0.239. The summed E-state index contributed by atoms with van der Waals surface area (Å²) < 4.78 is 5.91. The summed E-state index contributed by atoms with van der Waals surface area (Å²) in [5, 5.41) is 4.90. The van der Waals surface area contributed by atoms with Gasteiger partial charge in [-0.25, -0.2) is 0 Å². The van der Waals surface area contributed by atoms with Gasteiger partial charge in [0.2, 0.25) is 5.91 Å². The van der Waals surface area contributed by atoms with Crippen LogP contribution in [-0.2, 0) is 16.1 Å². The van der Waals surface area contributed by atoms with Crippen molar-refractivity contribution in [1.29, 1.82) is 0 Å². The van der Waals surface area contributed by atoms with Gasteiger partial charge in [0.1, 0.15) is 11.8 Å². The maximum Gasteiger partial charge on any atom is 0.261 e. The van der Waals surface area contributed by atoms with E-state index in [0.717, 1.165) is 21.9 Å². The molecule has 1 atom stereocenters. The normalized spacial score (nSPS) is 11.9. The number of rotatable bonds is 8. The molecule has 0 radical (unpaired) electrons. The summed E-state index contributed by atoms with van der Waals surface area (Å²) in [5.41, 5.74) is 2.08. The van der Waals surface area contributed by atoms with Crippen LogP contribution in [0.4, 0.5) is 0 Å². The molecule has 3 aromatic carbocycles. The van der Waals surface area contributed by atoms with Crippen LogP contribution in [0, 0.1) is 6.92 Å². The van der Waals surface area contributed by atoms with E-state index in [2.05, 4.69) is 5.32 Å². The van der Waals surface area contributed by atoms with Crippen LogP contribution in [-0.4, -0.2) is 35.4 Å². The first-order valence-corrected chi connectivity index (χ1v) is 10.6. The van der Waals surface area contributed by atoms with Crippen LogP contribution in [0.2, 0.25) is 0 Å². The molecule has 0 bridgehead atoms. The molecule has 0 saturated heterocycles. The van der Waals surface area contributed by atoms with Crippen LogP contribution in [0.3, 0.4) is 0 Å². The van der Waals surface area contributed by atoms with Crippen molar-refractivity contribution in [2.45, 2.75) is 46.3 Å². The second-order valence-corrected chi connectivity index (χ2v) is 8.12. The van der Waals surface area contributed by atoms with Crippen LogP contribution in [0.15, 0.2) is 66.7 Å². The van der Waals surface area contributed by atoms with Crippen molar-refractivity contribution in [3.63, 3.8) is 0 Å². The van der Waals surface area contributed by atoms with Crippen LogP contribution in [0.25, 0.3) is 10.8 Å². The van der Waals surface area contributed by atoms with Gasteiger partial charge in [0.15, 0.2) is 6.61 Å². The first-order valence-electron chi connectivity index (χ1n) is 10.6. The average molecular weight is 419 g/mol. The number of nitrogens with zero attached hydrogens (tertiary/aromatic N) is 1. The van der Waals surface area contributed by atoms with Crippen molar-refractivity contribution in [3.05, 3.63) is 77.9 Å². The third-order valence-electron chi connectivity index (χ3n) is 5.13. The predicted octanol–water partition coefficient (Wildman–Crippen LogP) is 4.47. The molecule has 0 unspecified atom stereocenters. The highest BCUT2D eigenvalue weighted by atomic mass is 16.5. The number of benzene rings is 3. The van der Waals surface area contributed by atoms with E-state index in [-0.39, 0.29) is 24.5 Å². The fourth-order valence-electron chi connectivity index (χ4n) is 3.54. The van der Waals surface area contributed by atoms with Gasteiger partial charge in [0.25, 0.3) is 5.91 Å². The Kier molecular flexibility index (Phi) is 7.29. The molecule has 162 valence electrons. The minimum Gasteiger partial charge on any atom is -0.483 e. The maximum absolute atomic E-state index is 13.2. The van der Waals surface area contributed by atoms with E-state index < -0.39 is 6.04 Å². The number of hydrogen-bond donors (Lipinski definition) is 1. The van der Waals surface area contributed by atoms with E-state index in [9.17, 15) is 9.59 Å². The van der Waals surface area contributed by atoms with E-state index in [4.69, 9.17) is 4.74 Å². The minimum atomic E-state index is -0.619. The summed E-state index contributed by atoms with van der Waals surface area (Å²) in [7, 11) is 0. The van der Waals surface area contributed by atoms with Gasteiger partial charge in [-0.2, -0.15) is 0 Å². The van der Waals surface area contributed by atoms with E-state index in [1.54, 1.807) is 11.8 Å². The van der Waals surface area contributed by atoms with Crippen molar-refractivity contribution in [2.24, 2.45) is 0 Å². The Bertz CT molecular complexity index is 1060. The summed E-state index contributed by atoms with van der Waals surface area (Å²) in [6, 6.07) is 21.0. The number of ether oxygens (including phenoxy) is 1. The molecule has 0 spiro atoms. The molecule has 5 nitrogen and oxygen atoms in total. The third-order valence-corrected chi connectivity index (χ3v) is 5.13. The Balaban J connectivity index is 1.79. The molecule has 0 saturated carbocycles. The zero-order valence-corrected chi connectivity index (χ0v) is 18.6. The highest BCUT2D eigenvalue weighted by Crippen LogP contribution is 2.25. The molecule has 31 heavy (non-hydrogen) atoms. The monoisotopic (exact) mass is 418 g/mol. The van der Waals surface area contributed by atoms with Gasteiger partial charge in [0, 0.05) is 18.0 Å². The Morgan fingerprint density at radius 2 is 1.68 bits per heavy atom. The average Bonchev–Trinajstić information content (AvgIpc) is 2.75. The molecule has 2 amide bonds. The van der Waals surface area contributed by atoms with Crippen LogP contribution >= 0.6 is 0 Å². The van der Waals surface area contributed by atoms with Gasteiger partial charge in [-0.15, -0.1) is 0 Å². The van der Waals surface area contributed by atoms with Crippen molar-refractivity contribution in [1.82, 2.24) is 10.2 Å². The number of nitrogens with one attached hydrogen (secondary N) is 1. The molecule has 0 heterocycles. The summed E-state index contributed by atoms with van der Waals surface area (Å²) in [6.45, 7) is 7.77.